The Labute approximate surface area is 127 Å². The quantitative estimate of drug-likeness (QED) is 0.803. The lowest BCUT2D eigenvalue weighted by Crippen LogP contribution is -2.34. The fraction of sp³-hybridized carbons (Fsp3) is 0.357. The number of hydrogen-bond donors (Lipinski definition) is 2. The fourth-order valence-corrected chi connectivity index (χ4v) is 1.91. The summed E-state index contributed by atoms with van der Waals surface area (Å²) in [6.45, 7) is 2.84. The molecule has 1 amide bonds. The van der Waals surface area contributed by atoms with Crippen molar-refractivity contribution < 1.29 is 14.7 Å². The van der Waals surface area contributed by atoms with Gasteiger partial charge in [-0.3, -0.25) is 14.5 Å². The van der Waals surface area contributed by atoms with Gasteiger partial charge in [0.15, 0.2) is 0 Å². The second kappa shape index (κ2) is 8.25. The number of aliphatic carboxylic acids is 1. The largest absolute Gasteiger partial charge is 0.481 e. The van der Waals surface area contributed by atoms with E-state index in [1.807, 2.05) is 13.0 Å². The highest BCUT2D eigenvalue weighted by Crippen LogP contribution is 2.20. The number of nitriles is 1. The molecule has 0 fully saturated rings. The van der Waals surface area contributed by atoms with Gasteiger partial charge >= 0.3 is 5.97 Å². The molecular weight excluding hydrogens is 294 g/mol. The minimum atomic E-state index is -0.896. The summed E-state index contributed by atoms with van der Waals surface area (Å²) in [5.74, 6) is -1.16. The van der Waals surface area contributed by atoms with Gasteiger partial charge < -0.3 is 10.4 Å². The summed E-state index contributed by atoms with van der Waals surface area (Å²) in [7, 11) is 0. The minimum Gasteiger partial charge on any atom is -0.481 e. The number of carboxylic acids is 1. The number of nitrogens with zero attached hydrogens (tertiary/aromatic N) is 2. The average Bonchev–Trinajstić information content (AvgIpc) is 2.43. The molecule has 0 atom stereocenters. The van der Waals surface area contributed by atoms with Gasteiger partial charge in [0.25, 0.3) is 0 Å². The molecule has 0 bridgehead atoms. The molecule has 0 unspecified atom stereocenters. The van der Waals surface area contributed by atoms with Crippen molar-refractivity contribution in [3.05, 3.63) is 28.8 Å². The standard InChI is InChI=1S/C14H16ClN3O3/c1-2-18(6-5-14(20)21)9-13(19)17-11-4-3-10(8-16)12(15)7-11/h3-4,7H,2,5-6,9H2,1H3,(H,17,19)(H,20,21). The first-order valence-corrected chi connectivity index (χ1v) is 6.77. The average molecular weight is 310 g/mol. The number of hydrogen-bond acceptors (Lipinski definition) is 4. The third kappa shape index (κ3) is 5.81. The molecule has 1 aromatic carbocycles. The van der Waals surface area contributed by atoms with Crippen molar-refractivity contribution in [2.45, 2.75) is 13.3 Å². The summed E-state index contributed by atoms with van der Waals surface area (Å²) in [6, 6.07) is 6.56. The van der Waals surface area contributed by atoms with Crippen LogP contribution in [0.4, 0.5) is 5.69 Å². The van der Waals surface area contributed by atoms with Crippen LogP contribution in [0.2, 0.25) is 5.02 Å². The molecule has 6 nitrogen and oxygen atoms in total. The van der Waals surface area contributed by atoms with Crippen LogP contribution in [0.1, 0.15) is 18.9 Å². The summed E-state index contributed by atoms with van der Waals surface area (Å²) >= 11 is 5.88. The number of carboxylic acid groups (broad SMARTS) is 1. The van der Waals surface area contributed by atoms with Crippen molar-refractivity contribution in [3.63, 3.8) is 0 Å². The molecule has 0 aliphatic heterocycles. The molecule has 0 saturated heterocycles. The van der Waals surface area contributed by atoms with Gasteiger partial charge in [-0.2, -0.15) is 5.26 Å². The Hall–Kier alpha value is -2.10. The molecule has 2 N–H and O–H groups in total. The Morgan fingerprint density at radius 1 is 1.48 bits per heavy atom. The van der Waals surface area contributed by atoms with Crippen molar-refractivity contribution in [2.24, 2.45) is 0 Å². The molecule has 0 aromatic heterocycles. The van der Waals surface area contributed by atoms with E-state index in [1.54, 1.807) is 11.0 Å². The zero-order valence-electron chi connectivity index (χ0n) is 11.6. The molecule has 0 heterocycles. The van der Waals surface area contributed by atoms with Crippen LogP contribution in [-0.4, -0.2) is 41.5 Å². The molecule has 0 aliphatic rings. The third-order valence-corrected chi connectivity index (χ3v) is 3.14. The van der Waals surface area contributed by atoms with Crippen molar-refractivity contribution in [1.82, 2.24) is 4.90 Å². The molecule has 0 radical (unpaired) electrons. The number of nitrogens with one attached hydrogen (secondary N) is 1. The first-order chi connectivity index (χ1) is 9.96. The number of amides is 1. The van der Waals surface area contributed by atoms with E-state index in [0.29, 0.717) is 24.3 Å². The maximum Gasteiger partial charge on any atom is 0.304 e. The van der Waals surface area contributed by atoms with E-state index in [2.05, 4.69) is 5.32 Å². The van der Waals surface area contributed by atoms with Crippen molar-refractivity contribution >= 4 is 29.2 Å². The van der Waals surface area contributed by atoms with Crippen LogP contribution in [0.25, 0.3) is 0 Å². The van der Waals surface area contributed by atoms with Gasteiger partial charge in [-0.25, -0.2) is 0 Å². The van der Waals surface area contributed by atoms with Crippen LogP contribution in [-0.2, 0) is 9.59 Å². The first-order valence-electron chi connectivity index (χ1n) is 6.40. The number of carbonyl (C=O) groups excluding carboxylic acids is 1. The number of anilines is 1. The van der Waals surface area contributed by atoms with E-state index in [9.17, 15) is 9.59 Å². The summed E-state index contributed by atoms with van der Waals surface area (Å²) in [4.78, 5) is 24.1. The number of carbonyl (C=O) groups is 2. The zero-order valence-corrected chi connectivity index (χ0v) is 12.4. The third-order valence-electron chi connectivity index (χ3n) is 2.83. The summed E-state index contributed by atoms with van der Waals surface area (Å²) in [6.07, 6.45) is -0.0101. The Kier molecular flexibility index (Phi) is 6.66. The Bertz CT molecular complexity index is 569. The van der Waals surface area contributed by atoms with Gasteiger partial charge in [-0.15, -0.1) is 0 Å². The zero-order chi connectivity index (χ0) is 15.8. The Balaban J connectivity index is 2.58. The lowest BCUT2D eigenvalue weighted by molar-refractivity contribution is -0.137. The number of rotatable bonds is 7. The number of halogens is 1. The molecule has 0 spiro atoms. The monoisotopic (exact) mass is 309 g/mol. The lowest BCUT2D eigenvalue weighted by atomic mass is 10.2. The predicted molar refractivity (Wildman–Crippen MR) is 79.2 cm³/mol. The van der Waals surface area contributed by atoms with Gasteiger partial charge in [0, 0.05) is 12.2 Å². The summed E-state index contributed by atoms with van der Waals surface area (Å²) in [5.41, 5.74) is 0.838. The van der Waals surface area contributed by atoms with Crippen LogP contribution in [0, 0.1) is 11.3 Å². The normalized spacial score (nSPS) is 10.2. The van der Waals surface area contributed by atoms with Gasteiger partial charge in [-0.05, 0) is 24.7 Å². The van der Waals surface area contributed by atoms with Gasteiger partial charge in [0.2, 0.25) is 5.91 Å². The molecular formula is C14H16ClN3O3. The Morgan fingerprint density at radius 3 is 2.71 bits per heavy atom. The molecule has 21 heavy (non-hydrogen) atoms. The number of likely N-dealkylation sites (N-methyl/N-ethyl adjacent to an activating group) is 1. The number of benzene rings is 1. The van der Waals surface area contributed by atoms with E-state index < -0.39 is 5.97 Å². The molecule has 1 rings (SSSR count). The molecule has 7 heteroatoms. The van der Waals surface area contributed by atoms with Crippen molar-refractivity contribution in [2.75, 3.05) is 25.0 Å². The first kappa shape index (κ1) is 17.0. The maximum atomic E-state index is 11.9. The highest BCUT2D eigenvalue weighted by Gasteiger charge is 2.11. The van der Waals surface area contributed by atoms with E-state index in [4.69, 9.17) is 22.0 Å². The smallest absolute Gasteiger partial charge is 0.304 e. The highest BCUT2D eigenvalue weighted by molar-refractivity contribution is 6.32. The van der Waals surface area contributed by atoms with E-state index in [0.717, 1.165) is 0 Å². The highest BCUT2D eigenvalue weighted by atomic mass is 35.5. The van der Waals surface area contributed by atoms with Crippen molar-refractivity contribution in [3.8, 4) is 6.07 Å². The van der Waals surface area contributed by atoms with Crippen molar-refractivity contribution in [1.29, 1.82) is 5.26 Å². The van der Waals surface area contributed by atoms with Gasteiger partial charge in [0.05, 0.1) is 23.6 Å². The Morgan fingerprint density at radius 2 is 2.19 bits per heavy atom. The van der Waals surface area contributed by atoms with Crippen LogP contribution in [0.15, 0.2) is 18.2 Å². The maximum absolute atomic E-state index is 11.9. The topological polar surface area (TPSA) is 93.4 Å². The van der Waals surface area contributed by atoms with Crippen LogP contribution in [0.3, 0.4) is 0 Å². The lowest BCUT2D eigenvalue weighted by Gasteiger charge is -2.18. The predicted octanol–water partition coefficient (Wildman–Crippen LogP) is 1.95. The van der Waals surface area contributed by atoms with Crippen LogP contribution < -0.4 is 5.32 Å². The second-order valence-corrected chi connectivity index (χ2v) is 4.77. The van der Waals surface area contributed by atoms with E-state index in [1.165, 1.54) is 12.1 Å². The summed E-state index contributed by atoms with van der Waals surface area (Å²) < 4.78 is 0. The summed E-state index contributed by atoms with van der Waals surface area (Å²) in [5, 5.41) is 20.3. The second-order valence-electron chi connectivity index (χ2n) is 4.37. The minimum absolute atomic E-state index is 0.0101. The molecule has 0 aliphatic carbocycles. The van der Waals surface area contributed by atoms with E-state index >= 15 is 0 Å². The SMILES string of the molecule is CCN(CCC(=O)O)CC(=O)Nc1ccc(C#N)c(Cl)c1. The van der Waals surface area contributed by atoms with Gasteiger partial charge in [-0.1, -0.05) is 18.5 Å². The van der Waals surface area contributed by atoms with Gasteiger partial charge in [0.1, 0.15) is 6.07 Å². The fourth-order valence-electron chi connectivity index (χ4n) is 1.69. The van der Waals surface area contributed by atoms with Crippen LogP contribution in [0.5, 0.6) is 0 Å². The molecule has 0 saturated carbocycles. The van der Waals surface area contributed by atoms with Crippen LogP contribution >= 0.6 is 11.6 Å². The van der Waals surface area contributed by atoms with E-state index in [-0.39, 0.29) is 23.9 Å². The molecule has 112 valence electrons. The molecule has 1 aromatic rings.